The van der Waals surface area contributed by atoms with Crippen LogP contribution in [-0.4, -0.2) is 6.54 Å². The predicted octanol–water partition coefficient (Wildman–Crippen LogP) is 4.35. The topological polar surface area (TPSA) is 29.3 Å². The molecule has 1 aliphatic heterocycles. The van der Waals surface area contributed by atoms with Crippen molar-refractivity contribution < 1.29 is 0 Å². The normalized spacial score (nSPS) is 14.9. The van der Waals surface area contributed by atoms with Gasteiger partial charge in [0.1, 0.15) is 0 Å². The second-order valence-corrected chi connectivity index (χ2v) is 6.19. The van der Waals surface area contributed by atoms with Gasteiger partial charge in [-0.15, -0.1) is 0 Å². The molecule has 0 atom stereocenters. The minimum absolute atomic E-state index is 0.864. The third kappa shape index (κ3) is 2.56. The maximum absolute atomic E-state index is 6.21. The number of benzene rings is 2. The first-order valence-corrected chi connectivity index (χ1v) is 7.74. The van der Waals surface area contributed by atoms with Crippen molar-refractivity contribution in [3.05, 3.63) is 51.6 Å². The fraction of sp³-hybridized carbons (Fsp3) is 0.250. The maximum Gasteiger partial charge on any atom is 0.0645 e. The Morgan fingerprint density at radius 3 is 2.68 bits per heavy atom. The Kier molecular flexibility index (Phi) is 3.64. The highest BCUT2D eigenvalue weighted by Gasteiger charge is 2.17. The second kappa shape index (κ2) is 5.41. The minimum atomic E-state index is 0.864. The average Bonchev–Trinajstić information content (AvgIpc) is 2.61. The molecule has 0 unspecified atom stereocenters. The Balaban J connectivity index is 2.09. The van der Waals surface area contributed by atoms with Crippen molar-refractivity contribution in [2.24, 2.45) is 0 Å². The van der Waals surface area contributed by atoms with E-state index in [0.29, 0.717) is 0 Å². The monoisotopic (exact) mass is 364 g/mol. The number of fused-ring (bicyclic) bond motifs is 1. The van der Waals surface area contributed by atoms with E-state index in [0.717, 1.165) is 24.3 Å². The fourth-order valence-electron chi connectivity index (χ4n) is 2.71. The van der Waals surface area contributed by atoms with Gasteiger partial charge in [-0.1, -0.05) is 18.2 Å². The summed E-state index contributed by atoms with van der Waals surface area (Å²) in [5.41, 5.74) is 11.0. The van der Waals surface area contributed by atoms with Crippen LogP contribution in [0.5, 0.6) is 0 Å². The minimum Gasteiger partial charge on any atom is -0.397 e. The maximum atomic E-state index is 6.21. The number of para-hydroxylation sites is 1. The van der Waals surface area contributed by atoms with Crippen molar-refractivity contribution in [2.45, 2.75) is 19.3 Å². The van der Waals surface area contributed by atoms with Gasteiger partial charge in [0.25, 0.3) is 0 Å². The summed E-state index contributed by atoms with van der Waals surface area (Å²) < 4.78 is 1.18. The SMILES string of the molecule is Nc1cc(I)ccc1N1CCCCc2ccccc21. The lowest BCUT2D eigenvalue weighted by Crippen LogP contribution is -2.19. The van der Waals surface area contributed by atoms with E-state index in [1.54, 1.807) is 0 Å². The summed E-state index contributed by atoms with van der Waals surface area (Å²) in [6.45, 7) is 1.04. The highest BCUT2D eigenvalue weighted by molar-refractivity contribution is 14.1. The molecule has 0 saturated heterocycles. The van der Waals surface area contributed by atoms with Crippen molar-refractivity contribution in [3.63, 3.8) is 0 Å². The van der Waals surface area contributed by atoms with Gasteiger partial charge in [-0.3, -0.25) is 0 Å². The van der Waals surface area contributed by atoms with Gasteiger partial charge in [-0.2, -0.15) is 0 Å². The van der Waals surface area contributed by atoms with Crippen molar-refractivity contribution in [1.29, 1.82) is 0 Å². The summed E-state index contributed by atoms with van der Waals surface area (Å²) in [4.78, 5) is 2.37. The van der Waals surface area contributed by atoms with Gasteiger partial charge in [0.05, 0.1) is 11.4 Å². The molecule has 3 heteroatoms. The van der Waals surface area contributed by atoms with E-state index in [4.69, 9.17) is 5.73 Å². The largest absolute Gasteiger partial charge is 0.397 e. The molecule has 0 radical (unpaired) electrons. The molecule has 0 fully saturated rings. The molecule has 1 heterocycles. The molecule has 0 aliphatic carbocycles. The highest BCUT2D eigenvalue weighted by atomic mass is 127. The zero-order chi connectivity index (χ0) is 13.2. The number of nitrogen functional groups attached to an aromatic ring is 1. The molecule has 2 aromatic carbocycles. The van der Waals surface area contributed by atoms with Crippen LogP contribution in [0.3, 0.4) is 0 Å². The van der Waals surface area contributed by atoms with Crippen LogP contribution in [0.4, 0.5) is 17.1 Å². The predicted molar refractivity (Wildman–Crippen MR) is 90.0 cm³/mol. The molecule has 0 spiro atoms. The first-order chi connectivity index (χ1) is 9.25. The second-order valence-electron chi connectivity index (χ2n) is 4.94. The molecule has 3 rings (SSSR count). The quantitative estimate of drug-likeness (QED) is 0.602. The van der Waals surface area contributed by atoms with E-state index in [1.807, 2.05) is 6.07 Å². The van der Waals surface area contributed by atoms with Gasteiger partial charge in [0.2, 0.25) is 0 Å². The van der Waals surface area contributed by atoms with Crippen molar-refractivity contribution in [3.8, 4) is 0 Å². The Labute approximate surface area is 127 Å². The van der Waals surface area contributed by atoms with E-state index < -0.39 is 0 Å². The molecular weight excluding hydrogens is 347 g/mol. The summed E-state index contributed by atoms with van der Waals surface area (Å²) in [5, 5.41) is 0. The lowest BCUT2D eigenvalue weighted by Gasteiger charge is -2.26. The van der Waals surface area contributed by atoms with Crippen LogP contribution in [0.15, 0.2) is 42.5 Å². The fourth-order valence-corrected chi connectivity index (χ4v) is 3.23. The number of nitrogens with two attached hydrogens (primary N) is 1. The smallest absolute Gasteiger partial charge is 0.0645 e. The van der Waals surface area contributed by atoms with E-state index in [1.165, 1.54) is 27.7 Å². The average molecular weight is 364 g/mol. The van der Waals surface area contributed by atoms with Crippen molar-refractivity contribution in [2.75, 3.05) is 17.2 Å². The Bertz CT molecular complexity index is 595. The Morgan fingerprint density at radius 1 is 1.00 bits per heavy atom. The number of nitrogens with zero attached hydrogens (tertiary/aromatic N) is 1. The lowest BCUT2D eigenvalue weighted by atomic mass is 10.1. The van der Waals surface area contributed by atoms with E-state index in [2.05, 4.69) is 63.9 Å². The number of hydrogen-bond acceptors (Lipinski definition) is 2. The van der Waals surface area contributed by atoms with Crippen LogP contribution in [0, 0.1) is 3.57 Å². The highest BCUT2D eigenvalue weighted by Crippen LogP contribution is 2.36. The molecule has 2 N–H and O–H groups in total. The van der Waals surface area contributed by atoms with Crippen LogP contribution in [0.1, 0.15) is 18.4 Å². The molecular formula is C16H17IN2. The number of hydrogen-bond donors (Lipinski definition) is 1. The molecule has 0 saturated carbocycles. The van der Waals surface area contributed by atoms with Crippen LogP contribution in [0.25, 0.3) is 0 Å². The van der Waals surface area contributed by atoms with Gasteiger partial charge < -0.3 is 10.6 Å². The number of anilines is 3. The van der Waals surface area contributed by atoms with Crippen molar-refractivity contribution in [1.82, 2.24) is 0 Å². The summed E-state index contributed by atoms with van der Waals surface area (Å²) in [6, 6.07) is 15.0. The van der Waals surface area contributed by atoms with Gasteiger partial charge in [0, 0.05) is 15.8 Å². The first kappa shape index (κ1) is 12.8. The molecule has 0 aromatic heterocycles. The summed E-state index contributed by atoms with van der Waals surface area (Å²) in [7, 11) is 0. The van der Waals surface area contributed by atoms with Gasteiger partial charge in [-0.25, -0.2) is 0 Å². The van der Waals surface area contributed by atoms with E-state index >= 15 is 0 Å². The molecule has 2 aromatic rings. The summed E-state index contributed by atoms with van der Waals surface area (Å²) >= 11 is 2.30. The Morgan fingerprint density at radius 2 is 1.84 bits per heavy atom. The molecule has 0 amide bonds. The zero-order valence-electron chi connectivity index (χ0n) is 10.8. The van der Waals surface area contributed by atoms with Crippen LogP contribution in [0.2, 0.25) is 0 Å². The third-order valence-electron chi connectivity index (χ3n) is 3.64. The third-order valence-corrected chi connectivity index (χ3v) is 4.31. The molecule has 19 heavy (non-hydrogen) atoms. The lowest BCUT2D eigenvalue weighted by molar-refractivity contribution is 0.761. The van der Waals surface area contributed by atoms with Crippen LogP contribution < -0.4 is 10.6 Å². The van der Waals surface area contributed by atoms with Crippen molar-refractivity contribution >= 4 is 39.7 Å². The first-order valence-electron chi connectivity index (χ1n) is 6.66. The van der Waals surface area contributed by atoms with Gasteiger partial charge >= 0.3 is 0 Å². The van der Waals surface area contributed by atoms with Gasteiger partial charge in [0.15, 0.2) is 0 Å². The number of aryl methyl sites for hydroxylation is 1. The summed E-state index contributed by atoms with van der Waals surface area (Å²) in [6.07, 6.45) is 3.62. The molecule has 0 bridgehead atoms. The number of rotatable bonds is 1. The van der Waals surface area contributed by atoms with Crippen LogP contribution in [-0.2, 0) is 6.42 Å². The Hall–Kier alpha value is -1.23. The standard InChI is InChI=1S/C16H17IN2/c17-13-8-9-16(14(18)11-13)19-10-4-3-6-12-5-1-2-7-15(12)19/h1-2,5,7-9,11H,3-4,6,10,18H2. The van der Waals surface area contributed by atoms with E-state index in [9.17, 15) is 0 Å². The number of halogens is 1. The molecule has 1 aliphatic rings. The zero-order valence-corrected chi connectivity index (χ0v) is 12.9. The molecule has 2 nitrogen and oxygen atoms in total. The summed E-state index contributed by atoms with van der Waals surface area (Å²) in [5.74, 6) is 0. The molecule has 98 valence electrons. The van der Waals surface area contributed by atoms with Gasteiger partial charge in [-0.05, 0) is 71.7 Å². The van der Waals surface area contributed by atoms with E-state index in [-0.39, 0.29) is 0 Å². The van der Waals surface area contributed by atoms with Crippen LogP contribution >= 0.6 is 22.6 Å².